The van der Waals surface area contributed by atoms with Crippen molar-refractivity contribution in [2.24, 2.45) is 0 Å². The first-order valence-electron chi connectivity index (χ1n) is 9.04. The molecule has 26 heavy (non-hydrogen) atoms. The fourth-order valence-corrected chi connectivity index (χ4v) is 3.63. The summed E-state index contributed by atoms with van der Waals surface area (Å²) in [5.41, 5.74) is 4.45. The van der Waals surface area contributed by atoms with Crippen molar-refractivity contribution >= 4 is 34.6 Å². The normalized spacial score (nSPS) is 15.3. The monoisotopic (exact) mass is 391 g/mol. The van der Waals surface area contributed by atoms with Crippen molar-refractivity contribution in [3.63, 3.8) is 0 Å². The summed E-state index contributed by atoms with van der Waals surface area (Å²) in [6, 6.07) is 5.85. The lowest BCUT2D eigenvalue weighted by molar-refractivity contribution is 0.176. The van der Waals surface area contributed by atoms with Crippen LogP contribution in [-0.4, -0.2) is 50.9 Å². The van der Waals surface area contributed by atoms with Crippen molar-refractivity contribution in [1.29, 1.82) is 0 Å². The third kappa shape index (κ3) is 4.37. The van der Waals surface area contributed by atoms with Crippen LogP contribution < -0.4 is 5.32 Å². The zero-order chi connectivity index (χ0) is 18.7. The number of piperazine rings is 1. The number of hydrogen-bond donors (Lipinski definition) is 1. The number of halogens is 1. The second kappa shape index (κ2) is 8.37. The lowest BCUT2D eigenvalue weighted by Crippen LogP contribution is -2.49. The van der Waals surface area contributed by atoms with Gasteiger partial charge in [0.05, 0.1) is 5.69 Å². The van der Waals surface area contributed by atoms with E-state index >= 15 is 0 Å². The summed E-state index contributed by atoms with van der Waals surface area (Å²) >= 11 is 11.8. The molecule has 0 bridgehead atoms. The molecular weight excluding hydrogens is 366 g/mol. The molecule has 0 atom stereocenters. The molecule has 2 heterocycles. The molecule has 1 N–H and O–H groups in total. The van der Waals surface area contributed by atoms with Crippen molar-refractivity contribution in [1.82, 2.24) is 19.6 Å². The summed E-state index contributed by atoms with van der Waals surface area (Å²) in [7, 11) is 0. The molecule has 0 spiro atoms. The van der Waals surface area contributed by atoms with Crippen molar-refractivity contribution in [3.8, 4) is 0 Å². The second-order valence-corrected chi connectivity index (χ2v) is 7.50. The minimum absolute atomic E-state index is 0.755. The molecule has 1 aliphatic heterocycles. The Morgan fingerprint density at radius 1 is 1.23 bits per heavy atom. The molecule has 1 saturated heterocycles. The van der Waals surface area contributed by atoms with Crippen LogP contribution in [0, 0.1) is 13.8 Å². The van der Waals surface area contributed by atoms with Gasteiger partial charge in [-0.2, -0.15) is 5.10 Å². The van der Waals surface area contributed by atoms with Crippen LogP contribution in [-0.2, 0) is 13.1 Å². The van der Waals surface area contributed by atoms with Crippen LogP contribution in [0.5, 0.6) is 0 Å². The van der Waals surface area contributed by atoms with Crippen LogP contribution in [0.15, 0.2) is 24.4 Å². The topological polar surface area (TPSA) is 36.3 Å². The maximum atomic E-state index is 6.19. The summed E-state index contributed by atoms with van der Waals surface area (Å²) in [6.45, 7) is 11.9. The van der Waals surface area contributed by atoms with E-state index in [-0.39, 0.29) is 0 Å². The molecule has 1 aromatic carbocycles. The Morgan fingerprint density at radius 2 is 1.96 bits per heavy atom. The Hall–Kier alpha value is -1.63. The Labute approximate surface area is 165 Å². The van der Waals surface area contributed by atoms with Gasteiger partial charge in [-0.25, -0.2) is 0 Å². The van der Waals surface area contributed by atoms with E-state index < -0.39 is 0 Å². The number of anilines is 1. The molecular formula is C19H26ClN5S. The summed E-state index contributed by atoms with van der Waals surface area (Å²) in [5.74, 6) is 0. The lowest BCUT2D eigenvalue weighted by Gasteiger charge is -2.36. The Morgan fingerprint density at radius 3 is 2.62 bits per heavy atom. The van der Waals surface area contributed by atoms with Crippen LogP contribution >= 0.6 is 23.8 Å². The minimum Gasteiger partial charge on any atom is -0.346 e. The number of aromatic nitrogens is 2. The molecule has 1 aromatic heterocycles. The SMILES string of the molecule is CCn1cc(CN2CCN(C(=S)Nc3cccc(Cl)c3C)CC2)c(C)n1. The Balaban J connectivity index is 1.53. The smallest absolute Gasteiger partial charge is 0.173 e. The van der Waals surface area contributed by atoms with Crippen molar-refractivity contribution in [3.05, 3.63) is 46.2 Å². The molecule has 0 saturated carbocycles. The Bertz CT molecular complexity index is 780. The minimum atomic E-state index is 0.755. The van der Waals surface area contributed by atoms with Gasteiger partial charge in [0.1, 0.15) is 0 Å². The zero-order valence-corrected chi connectivity index (χ0v) is 17.2. The van der Waals surface area contributed by atoms with Gasteiger partial charge in [0.15, 0.2) is 5.11 Å². The van der Waals surface area contributed by atoms with Crippen LogP contribution in [0.4, 0.5) is 5.69 Å². The van der Waals surface area contributed by atoms with Gasteiger partial charge in [-0.3, -0.25) is 9.58 Å². The summed E-state index contributed by atoms with van der Waals surface area (Å²) in [4.78, 5) is 4.70. The molecule has 1 aliphatic rings. The van der Waals surface area contributed by atoms with Crippen LogP contribution in [0.3, 0.4) is 0 Å². The number of nitrogens with one attached hydrogen (secondary N) is 1. The third-order valence-electron chi connectivity index (χ3n) is 4.93. The van der Waals surface area contributed by atoms with E-state index in [1.54, 1.807) is 0 Å². The molecule has 5 nitrogen and oxygen atoms in total. The standard InChI is InChI=1S/C19H26ClN5S/c1-4-25-13-16(15(3)22-25)12-23-8-10-24(11-9-23)19(26)21-18-7-5-6-17(20)14(18)2/h5-7,13H,4,8-12H2,1-3H3,(H,21,26). The first kappa shape index (κ1) is 19.1. The van der Waals surface area contributed by atoms with Crippen LogP contribution in [0.25, 0.3) is 0 Å². The van der Waals surface area contributed by atoms with Gasteiger partial charge in [-0.05, 0) is 50.7 Å². The maximum absolute atomic E-state index is 6.19. The maximum Gasteiger partial charge on any atom is 0.173 e. The molecule has 0 radical (unpaired) electrons. The Kier molecular flexibility index (Phi) is 6.16. The van der Waals surface area contributed by atoms with Gasteiger partial charge in [-0.1, -0.05) is 17.7 Å². The fourth-order valence-electron chi connectivity index (χ4n) is 3.16. The van der Waals surface area contributed by atoms with Crippen molar-refractivity contribution in [2.75, 3.05) is 31.5 Å². The van der Waals surface area contributed by atoms with E-state index in [4.69, 9.17) is 23.8 Å². The van der Waals surface area contributed by atoms with E-state index in [1.807, 2.05) is 29.8 Å². The summed E-state index contributed by atoms with van der Waals surface area (Å²) < 4.78 is 2.01. The quantitative estimate of drug-likeness (QED) is 0.804. The van der Waals surface area contributed by atoms with Gasteiger partial charge in [0, 0.05) is 61.7 Å². The van der Waals surface area contributed by atoms with E-state index in [1.165, 1.54) is 5.56 Å². The number of thiocarbonyl (C=S) groups is 1. The molecule has 0 unspecified atom stereocenters. The predicted octanol–water partition coefficient (Wildman–Crippen LogP) is 3.69. The van der Waals surface area contributed by atoms with Crippen LogP contribution in [0.2, 0.25) is 5.02 Å². The predicted molar refractivity (Wildman–Crippen MR) is 112 cm³/mol. The number of rotatable bonds is 4. The van der Waals surface area contributed by atoms with Gasteiger partial charge in [0.2, 0.25) is 0 Å². The average molecular weight is 392 g/mol. The van der Waals surface area contributed by atoms with E-state index in [0.717, 1.165) is 66.3 Å². The number of hydrogen-bond acceptors (Lipinski definition) is 3. The summed E-state index contributed by atoms with van der Waals surface area (Å²) in [5, 5.41) is 9.41. The fraction of sp³-hybridized carbons (Fsp3) is 0.474. The molecule has 3 rings (SSSR count). The first-order chi connectivity index (χ1) is 12.5. The highest BCUT2D eigenvalue weighted by Crippen LogP contribution is 2.23. The number of benzene rings is 1. The number of aryl methyl sites for hydroxylation is 2. The van der Waals surface area contributed by atoms with Crippen molar-refractivity contribution in [2.45, 2.75) is 33.9 Å². The molecule has 7 heteroatoms. The van der Waals surface area contributed by atoms with E-state index in [9.17, 15) is 0 Å². The summed E-state index contributed by atoms with van der Waals surface area (Å²) in [6.07, 6.45) is 2.16. The second-order valence-electron chi connectivity index (χ2n) is 6.70. The van der Waals surface area contributed by atoms with Crippen molar-refractivity contribution < 1.29 is 0 Å². The van der Waals surface area contributed by atoms with Gasteiger partial charge in [0.25, 0.3) is 0 Å². The van der Waals surface area contributed by atoms with Gasteiger partial charge < -0.3 is 10.2 Å². The third-order valence-corrected chi connectivity index (χ3v) is 5.70. The van der Waals surface area contributed by atoms with E-state index in [0.29, 0.717) is 0 Å². The first-order valence-corrected chi connectivity index (χ1v) is 9.83. The highest BCUT2D eigenvalue weighted by molar-refractivity contribution is 7.80. The van der Waals surface area contributed by atoms with Gasteiger partial charge in [-0.15, -0.1) is 0 Å². The van der Waals surface area contributed by atoms with E-state index in [2.05, 4.69) is 40.3 Å². The lowest BCUT2D eigenvalue weighted by atomic mass is 10.2. The highest BCUT2D eigenvalue weighted by atomic mass is 35.5. The average Bonchev–Trinajstić information content (AvgIpc) is 2.99. The molecule has 0 amide bonds. The largest absolute Gasteiger partial charge is 0.346 e. The molecule has 0 aliphatic carbocycles. The molecule has 2 aromatic rings. The zero-order valence-electron chi connectivity index (χ0n) is 15.6. The van der Waals surface area contributed by atoms with Crippen LogP contribution in [0.1, 0.15) is 23.7 Å². The van der Waals surface area contributed by atoms with Gasteiger partial charge >= 0.3 is 0 Å². The number of nitrogens with zero attached hydrogens (tertiary/aromatic N) is 4. The highest BCUT2D eigenvalue weighted by Gasteiger charge is 2.20. The molecule has 140 valence electrons. The molecule has 1 fully saturated rings.